The van der Waals surface area contributed by atoms with Crippen molar-refractivity contribution in [2.75, 3.05) is 0 Å². The lowest BCUT2D eigenvalue weighted by Gasteiger charge is -2.26. The number of benzene rings is 2. The Morgan fingerprint density at radius 3 is 2.35 bits per heavy atom. The van der Waals surface area contributed by atoms with Crippen LogP contribution in [0.1, 0.15) is 29.2 Å². The van der Waals surface area contributed by atoms with Crippen LogP contribution in [0.15, 0.2) is 60.7 Å². The van der Waals surface area contributed by atoms with Crippen LogP contribution in [0.4, 0.5) is 0 Å². The quantitative estimate of drug-likeness (QED) is 0.784. The maximum atomic E-state index is 10.6. The van der Waals surface area contributed by atoms with Crippen molar-refractivity contribution in [3.63, 3.8) is 0 Å². The van der Waals surface area contributed by atoms with E-state index in [4.69, 9.17) is 0 Å². The van der Waals surface area contributed by atoms with Gasteiger partial charge in [-0.1, -0.05) is 66.7 Å². The SMILES string of the molecule is C1=Cc2ccccc2C1.O=C1CC(c2ccccc2)N1. The molecule has 100 valence electrons. The van der Waals surface area contributed by atoms with E-state index in [1.54, 1.807) is 0 Å². The van der Waals surface area contributed by atoms with Gasteiger partial charge in [0, 0.05) is 0 Å². The van der Waals surface area contributed by atoms with Gasteiger partial charge in [-0.2, -0.15) is 0 Å². The van der Waals surface area contributed by atoms with Crippen LogP contribution in [0, 0.1) is 0 Å². The van der Waals surface area contributed by atoms with Crippen LogP contribution in [-0.2, 0) is 11.2 Å². The zero-order valence-corrected chi connectivity index (χ0v) is 11.3. The van der Waals surface area contributed by atoms with Gasteiger partial charge in [0.1, 0.15) is 0 Å². The van der Waals surface area contributed by atoms with Gasteiger partial charge in [0.15, 0.2) is 0 Å². The summed E-state index contributed by atoms with van der Waals surface area (Å²) in [6, 6.07) is 18.8. The van der Waals surface area contributed by atoms with Crippen molar-refractivity contribution < 1.29 is 4.79 Å². The van der Waals surface area contributed by atoms with Gasteiger partial charge >= 0.3 is 0 Å². The Bertz CT molecular complexity index is 623. The second-order valence-corrected chi connectivity index (χ2v) is 5.04. The lowest BCUT2D eigenvalue weighted by Crippen LogP contribution is -2.41. The first kappa shape index (κ1) is 12.7. The number of amides is 1. The summed E-state index contributed by atoms with van der Waals surface area (Å²) in [7, 11) is 0. The minimum atomic E-state index is 0.152. The van der Waals surface area contributed by atoms with Gasteiger partial charge in [-0.05, 0) is 23.1 Å². The standard InChI is InChI=1S/C9H9NO.C9H8/c11-9-6-8(10-9)7-4-2-1-3-5-7;1-2-5-9-7-3-6-8(9)4-1/h1-5,8H,6H2,(H,10,11);1-6H,7H2. The number of fused-ring (bicyclic) bond motifs is 1. The molecule has 2 heteroatoms. The van der Waals surface area contributed by atoms with Gasteiger partial charge in [0.2, 0.25) is 5.91 Å². The third-order valence-corrected chi connectivity index (χ3v) is 3.62. The first-order valence-corrected chi connectivity index (χ1v) is 6.92. The maximum absolute atomic E-state index is 10.6. The highest BCUT2D eigenvalue weighted by Gasteiger charge is 2.25. The normalized spacial score (nSPS) is 18.4. The van der Waals surface area contributed by atoms with Gasteiger partial charge in [-0.25, -0.2) is 0 Å². The third kappa shape index (κ3) is 2.80. The molecule has 1 saturated heterocycles. The van der Waals surface area contributed by atoms with E-state index in [9.17, 15) is 4.79 Å². The summed E-state index contributed by atoms with van der Waals surface area (Å²) in [5.41, 5.74) is 4.04. The molecule has 1 aliphatic heterocycles. The van der Waals surface area contributed by atoms with Crippen LogP contribution in [-0.4, -0.2) is 5.91 Å². The molecule has 0 spiro atoms. The first-order chi connectivity index (χ1) is 9.83. The second kappa shape index (κ2) is 5.74. The molecule has 2 aliphatic rings. The number of hydrogen-bond donors (Lipinski definition) is 1. The summed E-state index contributed by atoms with van der Waals surface area (Å²) >= 11 is 0. The van der Waals surface area contributed by atoms with Crippen molar-refractivity contribution in [1.82, 2.24) is 5.32 Å². The van der Waals surface area contributed by atoms with Crippen LogP contribution in [0.3, 0.4) is 0 Å². The first-order valence-electron chi connectivity index (χ1n) is 6.92. The zero-order chi connectivity index (χ0) is 13.8. The molecule has 2 nitrogen and oxygen atoms in total. The van der Waals surface area contributed by atoms with E-state index in [0.29, 0.717) is 6.42 Å². The number of β-lactam (4-membered cyclic amide) rings is 1. The molecule has 4 rings (SSSR count). The number of hydrogen-bond acceptors (Lipinski definition) is 1. The Kier molecular flexibility index (Phi) is 3.64. The van der Waals surface area contributed by atoms with Gasteiger partial charge in [0.05, 0.1) is 12.5 Å². The average Bonchev–Trinajstić information content (AvgIpc) is 2.94. The van der Waals surface area contributed by atoms with E-state index >= 15 is 0 Å². The molecule has 1 N–H and O–H groups in total. The highest BCUT2D eigenvalue weighted by atomic mass is 16.2. The molecule has 20 heavy (non-hydrogen) atoms. The van der Waals surface area contributed by atoms with E-state index in [1.165, 1.54) is 16.7 Å². The van der Waals surface area contributed by atoms with E-state index in [0.717, 1.165) is 6.42 Å². The molecular formula is C18H17NO. The molecule has 1 atom stereocenters. The van der Waals surface area contributed by atoms with Crippen LogP contribution in [0.2, 0.25) is 0 Å². The van der Waals surface area contributed by atoms with Gasteiger partial charge in [0.25, 0.3) is 0 Å². The summed E-state index contributed by atoms with van der Waals surface area (Å²) in [6.07, 6.45) is 6.14. The fourth-order valence-corrected chi connectivity index (χ4v) is 2.44. The Balaban J connectivity index is 0.000000123. The molecule has 2 aromatic carbocycles. The Labute approximate surface area is 119 Å². The van der Waals surface area contributed by atoms with Crippen molar-refractivity contribution >= 4 is 12.0 Å². The molecule has 1 aliphatic carbocycles. The number of allylic oxidation sites excluding steroid dienone is 1. The maximum Gasteiger partial charge on any atom is 0.222 e. The molecule has 1 unspecified atom stereocenters. The molecule has 0 bridgehead atoms. The molecule has 2 aromatic rings. The van der Waals surface area contributed by atoms with Gasteiger partial charge in [-0.15, -0.1) is 0 Å². The fraction of sp³-hybridized carbons (Fsp3) is 0.167. The molecule has 1 amide bonds. The average molecular weight is 263 g/mol. The number of nitrogens with one attached hydrogen (secondary N) is 1. The predicted molar refractivity (Wildman–Crippen MR) is 81.1 cm³/mol. The molecule has 0 saturated carbocycles. The monoisotopic (exact) mass is 263 g/mol. The highest BCUT2D eigenvalue weighted by molar-refractivity contribution is 5.83. The lowest BCUT2D eigenvalue weighted by molar-refractivity contribution is -0.128. The van der Waals surface area contributed by atoms with Crippen LogP contribution in [0.25, 0.3) is 6.08 Å². The predicted octanol–water partition coefficient (Wildman–Crippen LogP) is 3.50. The summed E-state index contributed by atoms with van der Waals surface area (Å²) in [5, 5.41) is 2.82. The van der Waals surface area contributed by atoms with Crippen LogP contribution >= 0.6 is 0 Å². The fourth-order valence-electron chi connectivity index (χ4n) is 2.44. The topological polar surface area (TPSA) is 29.1 Å². The van der Waals surface area contributed by atoms with Gasteiger partial charge in [-0.3, -0.25) is 4.79 Å². The number of carbonyl (C=O) groups is 1. The van der Waals surface area contributed by atoms with E-state index in [-0.39, 0.29) is 11.9 Å². The minimum absolute atomic E-state index is 0.152. The molecule has 0 radical (unpaired) electrons. The van der Waals surface area contributed by atoms with Crippen LogP contribution < -0.4 is 5.32 Å². The Morgan fingerprint density at radius 1 is 0.950 bits per heavy atom. The van der Waals surface area contributed by atoms with E-state index < -0.39 is 0 Å². The molecule has 1 heterocycles. The van der Waals surface area contributed by atoms with Crippen molar-refractivity contribution in [2.24, 2.45) is 0 Å². The molecular weight excluding hydrogens is 246 g/mol. The van der Waals surface area contributed by atoms with E-state index in [2.05, 4.69) is 41.7 Å². The summed E-state index contributed by atoms with van der Waals surface area (Å²) in [5.74, 6) is 0.152. The third-order valence-electron chi connectivity index (χ3n) is 3.62. The number of carbonyl (C=O) groups excluding carboxylic acids is 1. The second-order valence-electron chi connectivity index (χ2n) is 5.04. The van der Waals surface area contributed by atoms with Crippen molar-refractivity contribution in [3.05, 3.63) is 77.4 Å². The minimum Gasteiger partial charge on any atom is -0.349 e. The van der Waals surface area contributed by atoms with Gasteiger partial charge < -0.3 is 5.32 Å². The molecule has 1 fully saturated rings. The van der Waals surface area contributed by atoms with Crippen molar-refractivity contribution in [2.45, 2.75) is 18.9 Å². The van der Waals surface area contributed by atoms with Crippen molar-refractivity contribution in [1.29, 1.82) is 0 Å². The Hall–Kier alpha value is -2.35. The summed E-state index contributed by atoms with van der Waals surface area (Å²) < 4.78 is 0. The lowest BCUT2D eigenvalue weighted by atomic mass is 9.98. The smallest absolute Gasteiger partial charge is 0.222 e. The van der Waals surface area contributed by atoms with Crippen LogP contribution in [0.5, 0.6) is 0 Å². The Morgan fingerprint density at radius 2 is 1.65 bits per heavy atom. The number of rotatable bonds is 1. The summed E-state index contributed by atoms with van der Waals surface area (Å²) in [4.78, 5) is 10.6. The summed E-state index contributed by atoms with van der Waals surface area (Å²) in [6.45, 7) is 0. The van der Waals surface area contributed by atoms with Crippen molar-refractivity contribution in [3.8, 4) is 0 Å². The largest absolute Gasteiger partial charge is 0.349 e. The highest BCUT2D eigenvalue weighted by Crippen LogP contribution is 2.22. The zero-order valence-electron chi connectivity index (χ0n) is 11.3. The van der Waals surface area contributed by atoms with E-state index in [1.807, 2.05) is 30.3 Å². The molecule has 0 aromatic heterocycles.